The van der Waals surface area contributed by atoms with Crippen LogP contribution in [0.4, 0.5) is 17.5 Å². The van der Waals surface area contributed by atoms with Gasteiger partial charge < -0.3 is 11.1 Å². The number of hydrogen-bond donors (Lipinski definition) is 3. The van der Waals surface area contributed by atoms with E-state index in [4.69, 9.17) is 28.9 Å². The minimum atomic E-state index is 0. The van der Waals surface area contributed by atoms with E-state index >= 15 is 0 Å². The predicted octanol–water partition coefficient (Wildman–Crippen LogP) is 4.38. The van der Waals surface area contributed by atoms with E-state index in [1.165, 1.54) is 0 Å². The molecule has 142 valence electrons. The first-order valence-electron chi connectivity index (χ1n) is 7.80. The summed E-state index contributed by atoms with van der Waals surface area (Å²) in [5.41, 5.74) is 8.67. The molecule has 0 unspecified atom stereocenters. The van der Waals surface area contributed by atoms with Crippen LogP contribution >= 0.6 is 35.6 Å². The molecule has 0 radical (unpaired) electrons. The summed E-state index contributed by atoms with van der Waals surface area (Å²) >= 11 is 12.6. The Hall–Kier alpha value is -2.94. The number of nitrogen functional groups attached to an aromatic ring is 1. The summed E-state index contributed by atoms with van der Waals surface area (Å²) in [6, 6.07) is 14.6. The smallest absolute Gasteiger partial charge is 0.229 e. The van der Waals surface area contributed by atoms with E-state index in [2.05, 4.69) is 35.9 Å². The Labute approximate surface area is 175 Å². The number of aromatic amines is 1. The number of rotatable bonds is 4. The number of nitrogens with one attached hydrogen (secondary N) is 2. The summed E-state index contributed by atoms with van der Waals surface area (Å²) in [4.78, 5) is 8.67. The van der Waals surface area contributed by atoms with Crippen molar-refractivity contribution in [2.24, 2.45) is 0 Å². The molecule has 0 spiro atoms. The second kappa shape index (κ2) is 8.39. The molecular weight excluding hydrogens is 423 g/mol. The van der Waals surface area contributed by atoms with Gasteiger partial charge in [0.2, 0.25) is 11.8 Å². The summed E-state index contributed by atoms with van der Waals surface area (Å²) in [7, 11) is 0. The monoisotopic (exact) mass is 434 g/mol. The minimum Gasteiger partial charge on any atom is -0.382 e. The third-order valence-electron chi connectivity index (χ3n) is 3.75. The molecule has 2 aromatic carbocycles. The van der Waals surface area contributed by atoms with Gasteiger partial charge in [0.25, 0.3) is 0 Å². The van der Waals surface area contributed by atoms with Gasteiger partial charge >= 0.3 is 0 Å². The molecule has 2 heterocycles. The number of anilines is 3. The number of halogens is 3. The molecule has 0 aliphatic rings. The van der Waals surface area contributed by atoms with Crippen molar-refractivity contribution >= 4 is 53.1 Å². The molecular formula is C17H13Cl3N8. The van der Waals surface area contributed by atoms with Gasteiger partial charge in [0.05, 0.1) is 10.7 Å². The van der Waals surface area contributed by atoms with E-state index in [9.17, 15) is 0 Å². The maximum absolute atomic E-state index is 6.29. The maximum atomic E-state index is 6.29. The second-order valence-corrected chi connectivity index (χ2v) is 6.30. The Kier molecular flexibility index (Phi) is 5.93. The molecule has 2 aromatic heterocycles. The summed E-state index contributed by atoms with van der Waals surface area (Å²) in [5.74, 6) is 0.973. The zero-order valence-corrected chi connectivity index (χ0v) is 16.4. The van der Waals surface area contributed by atoms with Crippen LogP contribution in [-0.2, 0) is 0 Å². The molecule has 4 N–H and O–H groups in total. The van der Waals surface area contributed by atoms with Crippen LogP contribution in [0.3, 0.4) is 0 Å². The zero-order chi connectivity index (χ0) is 18.8. The van der Waals surface area contributed by atoms with Crippen LogP contribution < -0.4 is 11.1 Å². The van der Waals surface area contributed by atoms with Gasteiger partial charge in [-0.25, -0.2) is 4.98 Å². The highest BCUT2D eigenvalue weighted by Crippen LogP contribution is 2.35. The Balaban J connectivity index is 0.00000225. The predicted molar refractivity (Wildman–Crippen MR) is 112 cm³/mol. The Bertz CT molecular complexity index is 1080. The third kappa shape index (κ3) is 3.99. The number of hydrogen-bond acceptors (Lipinski definition) is 7. The van der Waals surface area contributed by atoms with Crippen molar-refractivity contribution in [3.8, 4) is 22.6 Å². The lowest BCUT2D eigenvalue weighted by molar-refractivity contribution is 0.881. The van der Waals surface area contributed by atoms with E-state index in [0.29, 0.717) is 28.1 Å². The topological polar surface area (TPSA) is 118 Å². The largest absolute Gasteiger partial charge is 0.382 e. The van der Waals surface area contributed by atoms with Gasteiger partial charge in [-0.2, -0.15) is 10.2 Å². The molecule has 0 fully saturated rings. The standard InChI is InChI=1S/C17H12Cl2N8.ClH/c18-12-4-2-1-3-11(12)14-13(19)15(20)23-17(22-14)21-10-7-5-9(6-8-10)16-24-26-27-25-16;/h1-8H,(H3,20,21,22,23)(H,24,25,26,27);1H. The molecule has 0 atom stereocenters. The molecule has 0 aliphatic heterocycles. The van der Waals surface area contributed by atoms with Crippen LogP contribution in [0.5, 0.6) is 0 Å². The van der Waals surface area contributed by atoms with Crippen molar-refractivity contribution in [1.82, 2.24) is 30.6 Å². The van der Waals surface area contributed by atoms with E-state index in [0.717, 1.165) is 11.3 Å². The zero-order valence-electron chi connectivity index (χ0n) is 14.1. The minimum absolute atomic E-state index is 0. The fourth-order valence-electron chi connectivity index (χ4n) is 2.47. The molecule has 28 heavy (non-hydrogen) atoms. The highest BCUT2D eigenvalue weighted by molar-refractivity contribution is 6.37. The summed E-state index contributed by atoms with van der Waals surface area (Å²) < 4.78 is 0. The van der Waals surface area contributed by atoms with Crippen molar-refractivity contribution in [1.29, 1.82) is 0 Å². The Morgan fingerprint density at radius 2 is 1.71 bits per heavy atom. The summed E-state index contributed by atoms with van der Waals surface area (Å²) in [6.45, 7) is 0. The maximum Gasteiger partial charge on any atom is 0.229 e. The van der Waals surface area contributed by atoms with Gasteiger partial charge in [0.1, 0.15) is 10.8 Å². The number of nitrogens with zero attached hydrogens (tertiary/aromatic N) is 5. The van der Waals surface area contributed by atoms with Crippen molar-refractivity contribution in [2.45, 2.75) is 0 Å². The highest BCUT2D eigenvalue weighted by atomic mass is 35.5. The lowest BCUT2D eigenvalue weighted by Crippen LogP contribution is -2.03. The van der Waals surface area contributed by atoms with Gasteiger partial charge in [-0.3, -0.25) is 0 Å². The van der Waals surface area contributed by atoms with Crippen LogP contribution in [0.25, 0.3) is 22.6 Å². The average Bonchev–Trinajstić information content (AvgIpc) is 3.20. The van der Waals surface area contributed by atoms with E-state index < -0.39 is 0 Å². The van der Waals surface area contributed by atoms with Crippen molar-refractivity contribution in [2.75, 3.05) is 11.1 Å². The van der Waals surface area contributed by atoms with Crippen LogP contribution in [0.2, 0.25) is 10.0 Å². The lowest BCUT2D eigenvalue weighted by Gasteiger charge is -2.11. The van der Waals surface area contributed by atoms with Gasteiger partial charge in [-0.05, 0) is 35.5 Å². The third-order valence-corrected chi connectivity index (χ3v) is 4.45. The van der Waals surface area contributed by atoms with E-state index in [-0.39, 0.29) is 23.2 Å². The molecule has 4 aromatic rings. The summed E-state index contributed by atoms with van der Waals surface area (Å²) in [5, 5.41) is 17.7. The number of benzene rings is 2. The molecule has 0 saturated heterocycles. The molecule has 0 saturated carbocycles. The first-order valence-corrected chi connectivity index (χ1v) is 8.56. The first-order chi connectivity index (χ1) is 13.1. The Morgan fingerprint density at radius 3 is 2.39 bits per heavy atom. The average molecular weight is 436 g/mol. The summed E-state index contributed by atoms with van der Waals surface area (Å²) in [6.07, 6.45) is 0. The van der Waals surface area contributed by atoms with E-state index in [1.807, 2.05) is 42.5 Å². The number of aromatic nitrogens is 6. The van der Waals surface area contributed by atoms with E-state index in [1.54, 1.807) is 6.07 Å². The second-order valence-electron chi connectivity index (χ2n) is 5.51. The van der Waals surface area contributed by atoms with Crippen LogP contribution in [0, 0.1) is 0 Å². The number of nitrogens with two attached hydrogens (primary N) is 1. The van der Waals surface area contributed by atoms with Crippen molar-refractivity contribution in [3.63, 3.8) is 0 Å². The van der Waals surface area contributed by atoms with Crippen LogP contribution in [0.15, 0.2) is 48.5 Å². The highest BCUT2D eigenvalue weighted by Gasteiger charge is 2.15. The fraction of sp³-hybridized carbons (Fsp3) is 0. The molecule has 4 rings (SSSR count). The molecule has 8 nitrogen and oxygen atoms in total. The number of H-pyrrole nitrogens is 1. The van der Waals surface area contributed by atoms with Crippen molar-refractivity contribution in [3.05, 3.63) is 58.6 Å². The lowest BCUT2D eigenvalue weighted by atomic mass is 10.1. The quantitative estimate of drug-likeness (QED) is 0.435. The van der Waals surface area contributed by atoms with Gasteiger partial charge in [-0.15, -0.1) is 22.6 Å². The van der Waals surface area contributed by atoms with Gasteiger partial charge in [0.15, 0.2) is 0 Å². The molecule has 11 heteroatoms. The van der Waals surface area contributed by atoms with Gasteiger partial charge in [-0.1, -0.05) is 41.4 Å². The normalized spacial score (nSPS) is 10.4. The van der Waals surface area contributed by atoms with Crippen LogP contribution in [-0.4, -0.2) is 30.6 Å². The number of tetrazole rings is 1. The Morgan fingerprint density at radius 1 is 0.964 bits per heavy atom. The van der Waals surface area contributed by atoms with Crippen LogP contribution in [0.1, 0.15) is 0 Å². The first kappa shape index (κ1) is 19.8. The SMILES string of the molecule is Cl.Nc1nc(Nc2ccc(-c3nn[nH]n3)cc2)nc(-c2ccccc2Cl)c1Cl. The molecule has 0 bridgehead atoms. The molecule has 0 amide bonds. The van der Waals surface area contributed by atoms with Gasteiger partial charge in [0, 0.05) is 16.8 Å². The molecule has 0 aliphatic carbocycles. The fourth-order valence-corrected chi connectivity index (χ4v) is 2.88. The van der Waals surface area contributed by atoms with Crippen molar-refractivity contribution < 1.29 is 0 Å².